The molecule has 0 aliphatic carbocycles. The van der Waals surface area contributed by atoms with Gasteiger partial charge in [0.15, 0.2) is 0 Å². The Bertz CT molecular complexity index is 760. The molecular weight excluding hydrogens is 320 g/mol. The van der Waals surface area contributed by atoms with E-state index in [1.807, 2.05) is 0 Å². The molecule has 2 rings (SSSR count). The molecular formula is C18H18N4O3. The maximum Gasteiger partial charge on any atom is 0.329 e. The first-order valence-electron chi connectivity index (χ1n) is 7.53. The largest absolute Gasteiger partial charge is 0.490 e. The summed E-state index contributed by atoms with van der Waals surface area (Å²) < 4.78 is 5.40. The van der Waals surface area contributed by atoms with Gasteiger partial charge in [-0.3, -0.25) is 14.6 Å². The van der Waals surface area contributed by atoms with Crippen molar-refractivity contribution in [3.8, 4) is 5.75 Å². The van der Waals surface area contributed by atoms with Crippen molar-refractivity contribution in [1.29, 1.82) is 0 Å². The van der Waals surface area contributed by atoms with Crippen LogP contribution in [0, 0.1) is 0 Å². The molecule has 7 nitrogen and oxygen atoms in total. The second-order valence-corrected chi connectivity index (χ2v) is 4.92. The Kier molecular flexibility index (Phi) is 6.87. The van der Waals surface area contributed by atoms with Crippen LogP contribution in [0.15, 0.2) is 66.5 Å². The number of aromatic nitrogens is 1. The molecule has 0 aliphatic rings. The number of carbonyl (C=O) groups is 2. The summed E-state index contributed by atoms with van der Waals surface area (Å²) in [5.41, 5.74) is 3.69. The standard InChI is InChI=1S/C18H18N4O3/c1-2-9-25-16-7-3-5-14(10-16)13-21-22-18(24)17(23)20-12-15-6-4-8-19-11-15/h2-8,10-11,13H,1,9,12H2,(H,20,23)(H,22,24)/b21-13-. The van der Waals surface area contributed by atoms with Gasteiger partial charge in [0.05, 0.1) is 6.21 Å². The lowest BCUT2D eigenvalue weighted by molar-refractivity contribution is -0.139. The van der Waals surface area contributed by atoms with Gasteiger partial charge in [-0.25, -0.2) is 5.43 Å². The third-order valence-corrected chi connectivity index (χ3v) is 2.99. The highest BCUT2D eigenvalue weighted by molar-refractivity contribution is 6.35. The van der Waals surface area contributed by atoms with Crippen LogP contribution in [0.3, 0.4) is 0 Å². The molecule has 1 aromatic carbocycles. The molecule has 0 unspecified atom stereocenters. The number of ether oxygens (including phenoxy) is 1. The number of rotatable bonds is 7. The highest BCUT2D eigenvalue weighted by Gasteiger charge is 2.11. The predicted octanol–water partition coefficient (Wildman–Crippen LogP) is 1.41. The van der Waals surface area contributed by atoms with E-state index < -0.39 is 11.8 Å². The summed E-state index contributed by atoms with van der Waals surface area (Å²) in [6.45, 7) is 4.19. The van der Waals surface area contributed by atoms with Crippen molar-refractivity contribution in [2.24, 2.45) is 5.10 Å². The van der Waals surface area contributed by atoms with E-state index in [0.717, 1.165) is 11.1 Å². The molecule has 7 heteroatoms. The normalized spacial score (nSPS) is 10.2. The van der Waals surface area contributed by atoms with Gasteiger partial charge in [0, 0.05) is 18.9 Å². The quantitative estimate of drug-likeness (QED) is 0.345. The minimum absolute atomic E-state index is 0.215. The summed E-state index contributed by atoms with van der Waals surface area (Å²) in [6, 6.07) is 10.7. The van der Waals surface area contributed by atoms with Gasteiger partial charge in [-0.05, 0) is 29.3 Å². The minimum Gasteiger partial charge on any atom is -0.490 e. The molecule has 1 aromatic heterocycles. The molecule has 0 aliphatic heterocycles. The van der Waals surface area contributed by atoms with E-state index >= 15 is 0 Å². The van der Waals surface area contributed by atoms with E-state index in [0.29, 0.717) is 12.4 Å². The maximum atomic E-state index is 11.7. The van der Waals surface area contributed by atoms with Crippen LogP contribution in [-0.4, -0.2) is 29.6 Å². The molecule has 2 amide bonds. The lowest BCUT2D eigenvalue weighted by Gasteiger charge is -2.04. The van der Waals surface area contributed by atoms with E-state index in [2.05, 4.69) is 27.4 Å². The van der Waals surface area contributed by atoms with Crippen molar-refractivity contribution in [2.75, 3.05) is 6.61 Å². The Balaban J connectivity index is 1.81. The first-order chi connectivity index (χ1) is 12.2. The number of hydrogen-bond donors (Lipinski definition) is 2. The van der Waals surface area contributed by atoms with Crippen molar-refractivity contribution in [1.82, 2.24) is 15.7 Å². The van der Waals surface area contributed by atoms with E-state index in [1.165, 1.54) is 6.21 Å². The zero-order valence-corrected chi connectivity index (χ0v) is 13.5. The summed E-state index contributed by atoms with van der Waals surface area (Å²) in [5, 5.41) is 6.25. The number of amides is 2. The Morgan fingerprint density at radius 3 is 2.88 bits per heavy atom. The van der Waals surface area contributed by atoms with Gasteiger partial charge in [-0.2, -0.15) is 5.10 Å². The number of nitrogens with one attached hydrogen (secondary N) is 2. The van der Waals surface area contributed by atoms with Crippen molar-refractivity contribution < 1.29 is 14.3 Å². The van der Waals surface area contributed by atoms with Crippen molar-refractivity contribution >= 4 is 18.0 Å². The van der Waals surface area contributed by atoms with E-state index in [1.54, 1.807) is 54.9 Å². The predicted molar refractivity (Wildman–Crippen MR) is 94.0 cm³/mol. The van der Waals surface area contributed by atoms with Crippen LogP contribution >= 0.6 is 0 Å². The summed E-state index contributed by atoms with van der Waals surface area (Å²) in [5.74, 6) is -0.965. The first-order valence-corrected chi connectivity index (χ1v) is 7.53. The van der Waals surface area contributed by atoms with Gasteiger partial charge in [-0.1, -0.05) is 30.9 Å². The molecule has 0 atom stereocenters. The Hall–Kier alpha value is -3.48. The highest BCUT2D eigenvalue weighted by Crippen LogP contribution is 2.11. The Morgan fingerprint density at radius 2 is 2.12 bits per heavy atom. The fourth-order valence-electron chi connectivity index (χ4n) is 1.82. The topological polar surface area (TPSA) is 92.7 Å². The second kappa shape index (κ2) is 9.61. The van der Waals surface area contributed by atoms with Gasteiger partial charge in [0.1, 0.15) is 12.4 Å². The molecule has 1 heterocycles. The molecule has 0 radical (unpaired) electrons. The lowest BCUT2D eigenvalue weighted by atomic mass is 10.2. The molecule has 2 N–H and O–H groups in total. The van der Waals surface area contributed by atoms with Crippen LogP contribution in [0.2, 0.25) is 0 Å². The van der Waals surface area contributed by atoms with Crippen LogP contribution in [0.5, 0.6) is 5.75 Å². The van der Waals surface area contributed by atoms with Crippen molar-refractivity contribution in [3.63, 3.8) is 0 Å². The van der Waals surface area contributed by atoms with E-state index in [-0.39, 0.29) is 6.54 Å². The number of nitrogens with zero attached hydrogens (tertiary/aromatic N) is 2. The van der Waals surface area contributed by atoms with Crippen molar-refractivity contribution in [2.45, 2.75) is 6.54 Å². The van der Waals surface area contributed by atoms with E-state index in [4.69, 9.17) is 4.74 Å². The zero-order chi connectivity index (χ0) is 17.9. The third kappa shape index (κ3) is 6.26. The highest BCUT2D eigenvalue weighted by atomic mass is 16.5. The van der Waals surface area contributed by atoms with Crippen LogP contribution in [0.25, 0.3) is 0 Å². The number of benzene rings is 1. The summed E-state index contributed by atoms with van der Waals surface area (Å²) in [6.07, 6.45) is 6.31. The third-order valence-electron chi connectivity index (χ3n) is 2.99. The van der Waals surface area contributed by atoms with Crippen LogP contribution in [0.1, 0.15) is 11.1 Å². The average molecular weight is 338 g/mol. The smallest absolute Gasteiger partial charge is 0.329 e. The molecule has 0 bridgehead atoms. The van der Waals surface area contributed by atoms with Crippen LogP contribution in [-0.2, 0) is 16.1 Å². The van der Waals surface area contributed by atoms with Gasteiger partial charge >= 0.3 is 11.8 Å². The number of hydrogen-bond acceptors (Lipinski definition) is 5. The molecule has 0 fully saturated rings. The van der Waals surface area contributed by atoms with Gasteiger partial charge in [0.2, 0.25) is 0 Å². The monoisotopic (exact) mass is 338 g/mol. The summed E-state index contributed by atoms with van der Waals surface area (Å²) in [4.78, 5) is 27.3. The van der Waals surface area contributed by atoms with Gasteiger partial charge in [0.25, 0.3) is 0 Å². The Morgan fingerprint density at radius 1 is 1.24 bits per heavy atom. The fraction of sp³-hybridized carbons (Fsp3) is 0.111. The van der Waals surface area contributed by atoms with Crippen LogP contribution < -0.4 is 15.5 Å². The Labute approximate surface area is 145 Å². The first kappa shape index (κ1) is 17.9. The molecule has 0 saturated carbocycles. The maximum absolute atomic E-state index is 11.7. The van der Waals surface area contributed by atoms with Gasteiger partial charge in [-0.15, -0.1) is 0 Å². The zero-order valence-electron chi connectivity index (χ0n) is 13.5. The molecule has 128 valence electrons. The molecule has 25 heavy (non-hydrogen) atoms. The van der Waals surface area contributed by atoms with Gasteiger partial charge < -0.3 is 10.1 Å². The summed E-state index contributed by atoms with van der Waals surface area (Å²) in [7, 11) is 0. The van der Waals surface area contributed by atoms with Crippen LogP contribution in [0.4, 0.5) is 0 Å². The number of carbonyl (C=O) groups excluding carboxylic acids is 2. The van der Waals surface area contributed by atoms with E-state index in [9.17, 15) is 9.59 Å². The number of pyridine rings is 1. The summed E-state index contributed by atoms with van der Waals surface area (Å²) >= 11 is 0. The van der Waals surface area contributed by atoms with Crippen molar-refractivity contribution in [3.05, 3.63) is 72.6 Å². The SMILES string of the molecule is C=CCOc1cccc(/C=N\NC(=O)C(=O)NCc2cccnc2)c1. The lowest BCUT2D eigenvalue weighted by Crippen LogP contribution is -2.37. The minimum atomic E-state index is -0.848. The molecule has 2 aromatic rings. The molecule has 0 spiro atoms. The number of hydrazone groups is 1. The second-order valence-electron chi connectivity index (χ2n) is 4.92. The average Bonchev–Trinajstić information content (AvgIpc) is 2.65. The molecule has 0 saturated heterocycles. The fourth-order valence-corrected chi connectivity index (χ4v) is 1.82.